The Hall–Kier alpha value is -2.65. The SMILES string of the molecule is C=CC(=O)N1C[C@H](Nc2nc(Nc3cnc(C)s3)nc3[nH]cc(Cl)c23)C[C@@H]1C. The van der Waals surface area contributed by atoms with Crippen LogP contribution in [0.15, 0.2) is 25.0 Å². The van der Waals surface area contributed by atoms with Crippen LogP contribution < -0.4 is 10.6 Å². The van der Waals surface area contributed by atoms with Crippen molar-refractivity contribution < 1.29 is 4.79 Å². The second-order valence-electron chi connectivity index (χ2n) is 6.75. The summed E-state index contributed by atoms with van der Waals surface area (Å²) >= 11 is 7.88. The van der Waals surface area contributed by atoms with Crippen molar-refractivity contribution in [3.05, 3.63) is 35.1 Å². The number of anilines is 3. The van der Waals surface area contributed by atoms with Gasteiger partial charge in [-0.25, -0.2) is 4.98 Å². The molecular weight excluding hydrogens is 398 g/mol. The van der Waals surface area contributed by atoms with Gasteiger partial charge in [0.2, 0.25) is 11.9 Å². The van der Waals surface area contributed by atoms with Crippen LogP contribution in [0.2, 0.25) is 5.02 Å². The van der Waals surface area contributed by atoms with Crippen molar-refractivity contribution in [1.82, 2.24) is 24.8 Å². The number of amides is 1. The first kappa shape index (κ1) is 18.7. The molecule has 0 aliphatic carbocycles. The Labute approximate surface area is 171 Å². The van der Waals surface area contributed by atoms with Crippen LogP contribution in [-0.2, 0) is 4.79 Å². The standard InChI is InChI=1S/C18H20ClN7OS/c1-4-14(27)26-8-11(5-9(26)2)22-17-15-12(19)6-21-16(15)24-18(25-17)23-13-7-20-10(3)28-13/h4,6-7,9,11H,1,5,8H2,2-3H3,(H3,21,22,23,24,25)/t9-,11+/m0/s1. The number of likely N-dealkylation sites (tertiary alicyclic amines) is 1. The normalized spacial score (nSPS) is 19.2. The number of fused-ring (bicyclic) bond motifs is 1. The van der Waals surface area contributed by atoms with E-state index in [2.05, 4.69) is 37.1 Å². The van der Waals surface area contributed by atoms with Gasteiger partial charge >= 0.3 is 0 Å². The molecule has 8 nitrogen and oxygen atoms in total. The van der Waals surface area contributed by atoms with E-state index >= 15 is 0 Å². The Balaban J connectivity index is 1.63. The number of nitrogens with one attached hydrogen (secondary N) is 3. The highest BCUT2D eigenvalue weighted by atomic mass is 35.5. The molecule has 1 aliphatic rings. The number of aromatic amines is 1. The first-order valence-electron chi connectivity index (χ1n) is 8.88. The number of carbonyl (C=O) groups excluding carboxylic acids is 1. The van der Waals surface area contributed by atoms with E-state index in [0.29, 0.717) is 29.0 Å². The van der Waals surface area contributed by atoms with Gasteiger partial charge in [0.25, 0.3) is 0 Å². The van der Waals surface area contributed by atoms with Crippen LogP contribution >= 0.6 is 22.9 Å². The molecule has 4 rings (SSSR count). The molecule has 0 radical (unpaired) electrons. The van der Waals surface area contributed by atoms with E-state index in [1.807, 2.05) is 13.8 Å². The molecule has 3 N–H and O–H groups in total. The second kappa shape index (κ2) is 7.40. The molecule has 4 heterocycles. The summed E-state index contributed by atoms with van der Waals surface area (Å²) in [6.45, 7) is 8.13. The molecule has 2 atom stereocenters. The summed E-state index contributed by atoms with van der Waals surface area (Å²) in [7, 11) is 0. The van der Waals surface area contributed by atoms with Gasteiger partial charge < -0.3 is 20.5 Å². The number of nitrogens with zero attached hydrogens (tertiary/aromatic N) is 4. The summed E-state index contributed by atoms with van der Waals surface area (Å²) in [5.41, 5.74) is 0.635. The average molecular weight is 418 g/mol. The fourth-order valence-electron chi connectivity index (χ4n) is 3.44. The molecule has 3 aromatic heterocycles. The Morgan fingerprint density at radius 3 is 3.04 bits per heavy atom. The summed E-state index contributed by atoms with van der Waals surface area (Å²) in [6.07, 6.45) is 5.60. The predicted octanol–water partition coefficient (Wildman–Crippen LogP) is 3.71. The fourth-order valence-corrected chi connectivity index (χ4v) is 4.34. The van der Waals surface area contributed by atoms with Crippen molar-refractivity contribution in [1.29, 1.82) is 0 Å². The average Bonchev–Trinajstić information content (AvgIpc) is 3.34. The number of carbonyl (C=O) groups is 1. The van der Waals surface area contributed by atoms with Crippen LogP contribution in [0.25, 0.3) is 11.0 Å². The van der Waals surface area contributed by atoms with Crippen LogP contribution in [0, 0.1) is 6.92 Å². The quantitative estimate of drug-likeness (QED) is 0.547. The molecule has 0 spiro atoms. The molecule has 1 fully saturated rings. The number of rotatable bonds is 5. The van der Waals surface area contributed by atoms with E-state index < -0.39 is 0 Å². The summed E-state index contributed by atoms with van der Waals surface area (Å²) in [5.74, 6) is 1.01. The maximum atomic E-state index is 12.0. The van der Waals surface area contributed by atoms with Crippen LogP contribution in [-0.4, -0.2) is 49.4 Å². The van der Waals surface area contributed by atoms with Crippen molar-refractivity contribution in [2.75, 3.05) is 17.2 Å². The highest BCUT2D eigenvalue weighted by Gasteiger charge is 2.32. The highest BCUT2D eigenvalue weighted by molar-refractivity contribution is 7.15. The number of H-pyrrole nitrogens is 1. The van der Waals surface area contributed by atoms with E-state index in [1.165, 1.54) is 17.4 Å². The number of hydrogen-bond acceptors (Lipinski definition) is 7. The molecule has 1 saturated heterocycles. The van der Waals surface area contributed by atoms with Gasteiger partial charge in [0.1, 0.15) is 16.5 Å². The maximum absolute atomic E-state index is 12.0. The van der Waals surface area contributed by atoms with Gasteiger partial charge in [-0.1, -0.05) is 18.2 Å². The molecule has 0 aromatic carbocycles. The van der Waals surface area contributed by atoms with Crippen LogP contribution in [0.3, 0.4) is 0 Å². The van der Waals surface area contributed by atoms with Gasteiger partial charge in [-0.2, -0.15) is 9.97 Å². The lowest BCUT2D eigenvalue weighted by molar-refractivity contribution is -0.126. The molecule has 28 heavy (non-hydrogen) atoms. The Kier molecular flexibility index (Phi) is 4.94. The van der Waals surface area contributed by atoms with E-state index in [1.54, 1.807) is 17.3 Å². The van der Waals surface area contributed by atoms with Crippen LogP contribution in [0.1, 0.15) is 18.4 Å². The molecule has 0 unspecified atom stereocenters. The van der Waals surface area contributed by atoms with Crippen molar-refractivity contribution in [2.24, 2.45) is 0 Å². The first-order chi connectivity index (χ1) is 13.4. The Bertz CT molecular complexity index is 1050. The summed E-state index contributed by atoms with van der Waals surface area (Å²) < 4.78 is 0. The lowest BCUT2D eigenvalue weighted by Gasteiger charge is -2.19. The summed E-state index contributed by atoms with van der Waals surface area (Å²) in [4.78, 5) is 30.3. The van der Waals surface area contributed by atoms with E-state index in [4.69, 9.17) is 11.6 Å². The third-order valence-electron chi connectivity index (χ3n) is 4.71. The molecular formula is C18H20ClN7OS. The third kappa shape index (κ3) is 3.55. The van der Waals surface area contributed by atoms with Gasteiger partial charge in [-0.15, -0.1) is 11.3 Å². The van der Waals surface area contributed by atoms with Crippen LogP contribution in [0.4, 0.5) is 16.8 Å². The maximum Gasteiger partial charge on any atom is 0.246 e. The first-order valence-corrected chi connectivity index (χ1v) is 10.1. The number of aryl methyl sites for hydroxylation is 1. The summed E-state index contributed by atoms with van der Waals surface area (Å²) in [5, 5.41) is 9.72. The fraction of sp³-hybridized carbons (Fsp3) is 0.333. The van der Waals surface area contributed by atoms with Crippen molar-refractivity contribution in [3.8, 4) is 0 Å². The topological polar surface area (TPSA) is 98.8 Å². The van der Waals surface area contributed by atoms with Gasteiger partial charge in [0.15, 0.2) is 0 Å². The lowest BCUT2D eigenvalue weighted by atomic mass is 10.2. The van der Waals surface area contributed by atoms with Gasteiger partial charge in [0.05, 0.1) is 21.6 Å². The van der Waals surface area contributed by atoms with E-state index in [9.17, 15) is 4.79 Å². The Morgan fingerprint density at radius 2 is 2.32 bits per heavy atom. The minimum absolute atomic E-state index is 0.0569. The van der Waals surface area contributed by atoms with Gasteiger partial charge in [-0.3, -0.25) is 4.79 Å². The van der Waals surface area contributed by atoms with E-state index in [0.717, 1.165) is 21.8 Å². The van der Waals surface area contributed by atoms with Gasteiger partial charge in [-0.05, 0) is 26.3 Å². The molecule has 1 aliphatic heterocycles. The summed E-state index contributed by atoms with van der Waals surface area (Å²) in [6, 6.07) is 0.182. The minimum atomic E-state index is -0.0627. The third-order valence-corrected chi connectivity index (χ3v) is 5.84. The van der Waals surface area contributed by atoms with Crippen molar-refractivity contribution in [2.45, 2.75) is 32.4 Å². The van der Waals surface area contributed by atoms with Crippen molar-refractivity contribution >= 4 is 56.6 Å². The number of hydrogen-bond donors (Lipinski definition) is 3. The van der Waals surface area contributed by atoms with Crippen LogP contribution in [0.5, 0.6) is 0 Å². The number of halogens is 1. The predicted molar refractivity (Wildman–Crippen MR) is 112 cm³/mol. The lowest BCUT2D eigenvalue weighted by Crippen LogP contribution is -2.33. The zero-order chi connectivity index (χ0) is 19.8. The Morgan fingerprint density at radius 1 is 1.50 bits per heavy atom. The highest BCUT2D eigenvalue weighted by Crippen LogP contribution is 2.32. The number of aromatic nitrogens is 4. The minimum Gasteiger partial charge on any atom is -0.365 e. The van der Waals surface area contributed by atoms with E-state index in [-0.39, 0.29) is 18.0 Å². The van der Waals surface area contributed by atoms with Gasteiger partial charge in [0, 0.05) is 24.8 Å². The van der Waals surface area contributed by atoms with Crippen molar-refractivity contribution in [3.63, 3.8) is 0 Å². The monoisotopic (exact) mass is 417 g/mol. The number of thiazole rings is 1. The largest absolute Gasteiger partial charge is 0.365 e. The zero-order valence-corrected chi connectivity index (χ0v) is 17.1. The smallest absolute Gasteiger partial charge is 0.246 e. The molecule has 0 bridgehead atoms. The molecule has 10 heteroatoms. The molecule has 146 valence electrons. The molecule has 1 amide bonds. The second-order valence-corrected chi connectivity index (χ2v) is 8.39. The molecule has 3 aromatic rings. The molecule has 0 saturated carbocycles. The zero-order valence-electron chi connectivity index (χ0n) is 15.5.